The van der Waals surface area contributed by atoms with Crippen LogP contribution in [0.15, 0.2) is 0 Å². The Balaban J connectivity index is 3.22. The van der Waals surface area contributed by atoms with E-state index in [1.807, 2.05) is 0 Å². The summed E-state index contributed by atoms with van der Waals surface area (Å²) in [6, 6.07) is 0. The standard InChI is InChI=1S/C19H40ClNO2S/c1-2-3-4-5-6-7-8-9-10-11-12-13-14-15-19-24(22,23)21-18-16-17-20/h21H,2-19H2,1H3. The maximum atomic E-state index is 11.7. The number of sulfonamides is 1. The van der Waals surface area contributed by atoms with Gasteiger partial charge < -0.3 is 0 Å². The molecule has 0 rings (SSSR count). The number of alkyl halides is 1. The Labute approximate surface area is 156 Å². The molecule has 0 saturated heterocycles. The van der Waals surface area contributed by atoms with Gasteiger partial charge >= 0.3 is 0 Å². The zero-order valence-corrected chi connectivity index (χ0v) is 17.4. The average Bonchev–Trinajstić information content (AvgIpc) is 2.55. The van der Waals surface area contributed by atoms with Gasteiger partial charge in [0.2, 0.25) is 10.0 Å². The van der Waals surface area contributed by atoms with Gasteiger partial charge in [-0.05, 0) is 12.8 Å². The predicted octanol–water partition coefficient (Wildman–Crippen LogP) is 6.02. The highest BCUT2D eigenvalue weighted by Gasteiger charge is 2.08. The van der Waals surface area contributed by atoms with Crippen molar-refractivity contribution in [2.75, 3.05) is 18.2 Å². The molecule has 0 radical (unpaired) electrons. The third kappa shape index (κ3) is 18.5. The molecule has 0 atom stereocenters. The minimum absolute atomic E-state index is 0.257. The first kappa shape index (κ1) is 24.2. The lowest BCUT2D eigenvalue weighted by molar-refractivity contribution is 0.536. The van der Waals surface area contributed by atoms with Crippen LogP contribution in [0.25, 0.3) is 0 Å². The molecular weight excluding hydrogens is 342 g/mol. The largest absolute Gasteiger partial charge is 0.215 e. The minimum atomic E-state index is -3.08. The Bertz CT molecular complexity index is 347. The molecule has 0 unspecified atom stereocenters. The fourth-order valence-corrected chi connectivity index (χ4v) is 4.17. The van der Waals surface area contributed by atoms with E-state index in [1.54, 1.807) is 0 Å². The number of unbranched alkanes of at least 4 members (excludes halogenated alkanes) is 13. The lowest BCUT2D eigenvalue weighted by Crippen LogP contribution is -2.27. The first-order chi connectivity index (χ1) is 11.6. The molecule has 0 aromatic rings. The summed E-state index contributed by atoms with van der Waals surface area (Å²) in [7, 11) is -3.08. The first-order valence-corrected chi connectivity index (χ1v) is 12.3. The van der Waals surface area contributed by atoms with Crippen molar-refractivity contribution in [3.8, 4) is 0 Å². The summed E-state index contributed by atoms with van der Waals surface area (Å²) >= 11 is 5.54. The van der Waals surface area contributed by atoms with E-state index in [2.05, 4.69) is 11.6 Å². The molecule has 0 spiro atoms. The van der Waals surface area contributed by atoms with Crippen molar-refractivity contribution < 1.29 is 8.42 Å². The van der Waals surface area contributed by atoms with Gasteiger partial charge in [-0.25, -0.2) is 13.1 Å². The van der Waals surface area contributed by atoms with Crippen LogP contribution in [0, 0.1) is 0 Å². The maximum absolute atomic E-state index is 11.7. The Morgan fingerprint density at radius 2 is 1.08 bits per heavy atom. The Morgan fingerprint density at radius 3 is 1.50 bits per heavy atom. The zero-order chi connectivity index (χ0) is 17.9. The summed E-state index contributed by atoms with van der Waals surface area (Å²) < 4.78 is 25.9. The van der Waals surface area contributed by atoms with E-state index >= 15 is 0 Å². The van der Waals surface area contributed by atoms with Crippen molar-refractivity contribution in [2.24, 2.45) is 0 Å². The second-order valence-corrected chi connectivity index (χ2v) is 9.16. The molecule has 146 valence electrons. The molecular formula is C19H40ClNO2S. The molecule has 0 saturated carbocycles. The molecule has 0 aromatic heterocycles. The fourth-order valence-electron chi connectivity index (χ4n) is 2.85. The molecule has 0 bridgehead atoms. The molecule has 24 heavy (non-hydrogen) atoms. The Morgan fingerprint density at radius 1 is 0.667 bits per heavy atom. The van der Waals surface area contributed by atoms with Crippen molar-refractivity contribution in [3.63, 3.8) is 0 Å². The second kappa shape index (κ2) is 18.0. The molecule has 0 aromatic carbocycles. The van der Waals surface area contributed by atoms with Crippen molar-refractivity contribution in [2.45, 2.75) is 103 Å². The first-order valence-electron chi connectivity index (χ1n) is 10.2. The molecule has 1 N–H and O–H groups in total. The Kier molecular flexibility index (Phi) is 18.2. The number of hydrogen-bond acceptors (Lipinski definition) is 2. The smallest absolute Gasteiger partial charge is 0.211 e. The second-order valence-electron chi connectivity index (χ2n) is 6.85. The van der Waals surface area contributed by atoms with Crippen LogP contribution in [-0.2, 0) is 10.0 Å². The van der Waals surface area contributed by atoms with Crippen LogP contribution in [0.2, 0.25) is 0 Å². The van der Waals surface area contributed by atoms with Gasteiger partial charge in [0.15, 0.2) is 0 Å². The number of rotatable bonds is 19. The highest BCUT2D eigenvalue weighted by atomic mass is 35.5. The monoisotopic (exact) mass is 381 g/mol. The number of nitrogens with one attached hydrogen (secondary N) is 1. The van der Waals surface area contributed by atoms with Crippen LogP contribution in [0.1, 0.15) is 103 Å². The van der Waals surface area contributed by atoms with Crippen molar-refractivity contribution >= 4 is 21.6 Å². The summed E-state index contributed by atoms with van der Waals surface area (Å²) in [4.78, 5) is 0. The van der Waals surface area contributed by atoms with Crippen LogP contribution >= 0.6 is 11.6 Å². The van der Waals surface area contributed by atoms with Gasteiger partial charge in [0.1, 0.15) is 0 Å². The normalized spacial score (nSPS) is 11.9. The lowest BCUT2D eigenvalue weighted by atomic mass is 10.0. The topological polar surface area (TPSA) is 46.2 Å². The van der Waals surface area contributed by atoms with Crippen LogP contribution in [-0.4, -0.2) is 26.6 Å². The Hall–Kier alpha value is 0.200. The number of halogens is 1. The van der Waals surface area contributed by atoms with Crippen LogP contribution in [0.3, 0.4) is 0 Å². The summed E-state index contributed by atoms with van der Waals surface area (Å²) in [5.41, 5.74) is 0. The minimum Gasteiger partial charge on any atom is -0.215 e. The molecule has 5 heteroatoms. The summed E-state index contributed by atoms with van der Waals surface area (Å²) in [5, 5.41) is 0. The molecule has 0 heterocycles. The summed E-state index contributed by atoms with van der Waals surface area (Å²) in [5.74, 6) is 0.759. The van der Waals surface area contributed by atoms with Gasteiger partial charge in [-0.1, -0.05) is 90.4 Å². The van der Waals surface area contributed by atoms with E-state index in [0.29, 0.717) is 18.8 Å². The van der Waals surface area contributed by atoms with Gasteiger partial charge in [-0.15, -0.1) is 11.6 Å². The maximum Gasteiger partial charge on any atom is 0.211 e. The highest BCUT2D eigenvalue weighted by molar-refractivity contribution is 7.89. The van der Waals surface area contributed by atoms with Gasteiger partial charge in [0.05, 0.1) is 5.75 Å². The number of hydrogen-bond donors (Lipinski definition) is 1. The SMILES string of the molecule is CCCCCCCCCCCCCCCCS(=O)(=O)NCCCCl. The van der Waals surface area contributed by atoms with Crippen molar-refractivity contribution in [1.29, 1.82) is 0 Å². The van der Waals surface area contributed by atoms with E-state index in [-0.39, 0.29) is 5.75 Å². The lowest BCUT2D eigenvalue weighted by Gasteiger charge is -2.06. The van der Waals surface area contributed by atoms with E-state index in [0.717, 1.165) is 19.3 Å². The quantitative estimate of drug-likeness (QED) is 0.220. The molecule has 0 aliphatic carbocycles. The van der Waals surface area contributed by atoms with Crippen LogP contribution in [0.4, 0.5) is 0 Å². The molecule has 0 amide bonds. The third-order valence-electron chi connectivity index (χ3n) is 4.40. The highest BCUT2D eigenvalue weighted by Crippen LogP contribution is 2.13. The van der Waals surface area contributed by atoms with E-state index < -0.39 is 10.0 Å². The van der Waals surface area contributed by atoms with Crippen LogP contribution < -0.4 is 4.72 Å². The molecule has 0 aliphatic heterocycles. The molecule has 0 aliphatic rings. The predicted molar refractivity (Wildman–Crippen MR) is 107 cm³/mol. The van der Waals surface area contributed by atoms with E-state index in [9.17, 15) is 8.42 Å². The van der Waals surface area contributed by atoms with Gasteiger partial charge in [-0.3, -0.25) is 0 Å². The van der Waals surface area contributed by atoms with Gasteiger partial charge in [-0.2, -0.15) is 0 Å². The summed E-state index contributed by atoms with van der Waals surface area (Å²) in [6.45, 7) is 2.73. The van der Waals surface area contributed by atoms with E-state index in [1.165, 1.54) is 70.6 Å². The summed E-state index contributed by atoms with van der Waals surface area (Å²) in [6.07, 6.45) is 18.7. The van der Waals surface area contributed by atoms with Gasteiger partial charge in [0.25, 0.3) is 0 Å². The van der Waals surface area contributed by atoms with E-state index in [4.69, 9.17) is 11.6 Å². The average molecular weight is 382 g/mol. The third-order valence-corrected chi connectivity index (χ3v) is 6.14. The zero-order valence-electron chi connectivity index (χ0n) is 15.8. The fraction of sp³-hybridized carbons (Fsp3) is 1.00. The van der Waals surface area contributed by atoms with Crippen molar-refractivity contribution in [1.82, 2.24) is 4.72 Å². The molecule has 0 fully saturated rings. The van der Waals surface area contributed by atoms with Crippen molar-refractivity contribution in [3.05, 3.63) is 0 Å². The molecule has 3 nitrogen and oxygen atoms in total. The van der Waals surface area contributed by atoms with Gasteiger partial charge in [0, 0.05) is 12.4 Å². The van der Waals surface area contributed by atoms with Crippen LogP contribution in [0.5, 0.6) is 0 Å².